The molecule has 4 heteroatoms. The number of rotatable bonds is 5. The van der Waals surface area contributed by atoms with Crippen LogP contribution in [0.25, 0.3) is 0 Å². The summed E-state index contributed by atoms with van der Waals surface area (Å²) in [5.74, 6) is 2.70. The lowest BCUT2D eigenvalue weighted by atomic mass is 10.0. The van der Waals surface area contributed by atoms with Gasteiger partial charge in [0.15, 0.2) is 0 Å². The molecule has 112 valence electrons. The van der Waals surface area contributed by atoms with Crippen molar-refractivity contribution in [2.45, 2.75) is 39.7 Å². The van der Waals surface area contributed by atoms with Crippen molar-refractivity contribution in [2.75, 3.05) is 26.7 Å². The van der Waals surface area contributed by atoms with E-state index in [1.165, 1.54) is 12.8 Å². The minimum absolute atomic E-state index is 0.192. The van der Waals surface area contributed by atoms with Crippen LogP contribution >= 0.6 is 0 Å². The molecule has 0 aliphatic carbocycles. The van der Waals surface area contributed by atoms with E-state index < -0.39 is 0 Å². The number of aryl methyl sites for hydroxylation is 1. The Kier molecular flexibility index (Phi) is 5.24. The molecule has 0 spiro atoms. The van der Waals surface area contributed by atoms with Crippen LogP contribution in [0.2, 0.25) is 0 Å². The average Bonchev–Trinajstić information content (AvgIpc) is 2.81. The number of likely N-dealkylation sites (tertiary alicyclic amines) is 1. The normalized spacial score (nSPS) is 20.1. The molecule has 1 amide bonds. The van der Waals surface area contributed by atoms with Gasteiger partial charge in [-0.25, -0.2) is 0 Å². The minimum atomic E-state index is 0.192. The van der Waals surface area contributed by atoms with E-state index in [4.69, 9.17) is 4.42 Å². The van der Waals surface area contributed by atoms with Crippen molar-refractivity contribution in [1.82, 2.24) is 9.80 Å². The molecule has 0 radical (unpaired) electrons. The van der Waals surface area contributed by atoms with E-state index >= 15 is 0 Å². The third kappa shape index (κ3) is 4.37. The van der Waals surface area contributed by atoms with Gasteiger partial charge in [-0.05, 0) is 44.4 Å². The smallest absolute Gasteiger partial charge is 0.224 e. The number of nitrogens with zero attached hydrogens (tertiary/aromatic N) is 2. The maximum absolute atomic E-state index is 12.1. The molecule has 1 atom stereocenters. The van der Waals surface area contributed by atoms with Crippen LogP contribution in [0.3, 0.4) is 0 Å². The first-order valence-corrected chi connectivity index (χ1v) is 7.56. The van der Waals surface area contributed by atoms with E-state index in [0.29, 0.717) is 13.0 Å². The predicted molar refractivity (Wildman–Crippen MR) is 79.4 cm³/mol. The molecule has 0 N–H and O–H groups in total. The summed E-state index contributed by atoms with van der Waals surface area (Å²) in [6.45, 7) is 7.92. The molecule has 1 saturated heterocycles. The molecular formula is C16H26N2O2. The number of hydrogen-bond donors (Lipinski definition) is 0. The number of amides is 1. The molecule has 2 heterocycles. The van der Waals surface area contributed by atoms with Gasteiger partial charge in [-0.2, -0.15) is 0 Å². The number of furan rings is 1. The molecule has 0 saturated carbocycles. The number of carbonyl (C=O) groups excluding carboxylic acids is 1. The van der Waals surface area contributed by atoms with E-state index in [1.807, 2.05) is 26.1 Å². The fourth-order valence-electron chi connectivity index (χ4n) is 2.83. The van der Waals surface area contributed by atoms with Gasteiger partial charge < -0.3 is 14.2 Å². The van der Waals surface area contributed by atoms with Gasteiger partial charge in [0.1, 0.15) is 11.5 Å². The molecule has 1 aliphatic rings. The van der Waals surface area contributed by atoms with E-state index in [-0.39, 0.29) is 5.91 Å². The zero-order valence-electron chi connectivity index (χ0n) is 12.9. The Morgan fingerprint density at radius 2 is 2.30 bits per heavy atom. The SMILES string of the molecule is Cc1ccc(CN(C)C(=O)CCN2CCCC(C)C2)o1. The Balaban J connectivity index is 1.73. The van der Waals surface area contributed by atoms with Crippen molar-refractivity contribution in [3.63, 3.8) is 0 Å². The van der Waals surface area contributed by atoms with Crippen LogP contribution in [0.15, 0.2) is 16.5 Å². The summed E-state index contributed by atoms with van der Waals surface area (Å²) in [5.41, 5.74) is 0. The number of hydrogen-bond acceptors (Lipinski definition) is 3. The van der Waals surface area contributed by atoms with Gasteiger partial charge in [0.2, 0.25) is 5.91 Å². The van der Waals surface area contributed by atoms with Gasteiger partial charge in [-0.3, -0.25) is 4.79 Å². The summed E-state index contributed by atoms with van der Waals surface area (Å²) in [6.07, 6.45) is 3.18. The summed E-state index contributed by atoms with van der Waals surface area (Å²) in [4.78, 5) is 16.3. The van der Waals surface area contributed by atoms with Gasteiger partial charge in [0.05, 0.1) is 6.54 Å². The standard InChI is InChI=1S/C16H26N2O2/c1-13-5-4-9-18(11-13)10-8-16(19)17(3)12-15-7-6-14(2)20-15/h6-7,13H,4-5,8-12H2,1-3H3. The fraction of sp³-hybridized carbons (Fsp3) is 0.688. The predicted octanol–water partition coefficient (Wildman–Crippen LogP) is 2.67. The van der Waals surface area contributed by atoms with Gasteiger partial charge in [-0.15, -0.1) is 0 Å². The highest BCUT2D eigenvalue weighted by molar-refractivity contribution is 5.76. The minimum Gasteiger partial charge on any atom is -0.464 e. The molecule has 1 aliphatic heterocycles. The van der Waals surface area contributed by atoms with Crippen molar-refractivity contribution in [2.24, 2.45) is 5.92 Å². The van der Waals surface area contributed by atoms with Crippen LogP contribution in [0.5, 0.6) is 0 Å². The Morgan fingerprint density at radius 3 is 2.95 bits per heavy atom. The van der Waals surface area contributed by atoms with Crippen LogP contribution in [0.4, 0.5) is 0 Å². The molecule has 1 unspecified atom stereocenters. The van der Waals surface area contributed by atoms with Crippen LogP contribution in [-0.2, 0) is 11.3 Å². The van der Waals surface area contributed by atoms with Gasteiger partial charge >= 0.3 is 0 Å². The highest BCUT2D eigenvalue weighted by atomic mass is 16.3. The largest absolute Gasteiger partial charge is 0.464 e. The van der Waals surface area contributed by atoms with Crippen molar-refractivity contribution >= 4 is 5.91 Å². The zero-order chi connectivity index (χ0) is 14.5. The maximum Gasteiger partial charge on any atom is 0.224 e. The molecule has 0 aromatic carbocycles. The van der Waals surface area contributed by atoms with Crippen LogP contribution < -0.4 is 0 Å². The van der Waals surface area contributed by atoms with Crippen LogP contribution in [0.1, 0.15) is 37.7 Å². The molecule has 4 nitrogen and oxygen atoms in total. The lowest BCUT2D eigenvalue weighted by Gasteiger charge is -2.31. The summed E-state index contributed by atoms with van der Waals surface area (Å²) in [5, 5.41) is 0. The van der Waals surface area contributed by atoms with Crippen LogP contribution in [0, 0.1) is 12.8 Å². The van der Waals surface area contributed by atoms with Crippen molar-refractivity contribution in [1.29, 1.82) is 0 Å². The lowest BCUT2D eigenvalue weighted by molar-refractivity contribution is -0.131. The van der Waals surface area contributed by atoms with Crippen molar-refractivity contribution in [3.8, 4) is 0 Å². The van der Waals surface area contributed by atoms with E-state index in [0.717, 1.165) is 37.1 Å². The first-order valence-electron chi connectivity index (χ1n) is 7.56. The summed E-state index contributed by atoms with van der Waals surface area (Å²) < 4.78 is 5.51. The first kappa shape index (κ1) is 15.1. The highest BCUT2D eigenvalue weighted by Gasteiger charge is 2.18. The van der Waals surface area contributed by atoms with Gasteiger partial charge in [-0.1, -0.05) is 6.92 Å². The first-order chi connectivity index (χ1) is 9.54. The molecule has 1 aromatic heterocycles. The Hall–Kier alpha value is -1.29. The summed E-state index contributed by atoms with van der Waals surface area (Å²) >= 11 is 0. The van der Waals surface area contributed by atoms with Gasteiger partial charge in [0, 0.05) is 26.6 Å². The molecule has 0 bridgehead atoms. The zero-order valence-corrected chi connectivity index (χ0v) is 12.9. The summed E-state index contributed by atoms with van der Waals surface area (Å²) in [6, 6.07) is 3.87. The second-order valence-corrected chi connectivity index (χ2v) is 6.06. The Morgan fingerprint density at radius 1 is 1.50 bits per heavy atom. The third-order valence-electron chi connectivity index (χ3n) is 4.00. The Bertz CT molecular complexity index is 441. The van der Waals surface area contributed by atoms with Crippen molar-refractivity contribution < 1.29 is 9.21 Å². The fourth-order valence-corrected chi connectivity index (χ4v) is 2.83. The van der Waals surface area contributed by atoms with Gasteiger partial charge in [0.25, 0.3) is 0 Å². The Labute approximate surface area is 121 Å². The van der Waals surface area contributed by atoms with E-state index in [1.54, 1.807) is 4.90 Å². The average molecular weight is 278 g/mol. The molecule has 1 aromatic rings. The lowest BCUT2D eigenvalue weighted by Crippen LogP contribution is -2.37. The second kappa shape index (κ2) is 6.93. The molecule has 1 fully saturated rings. The third-order valence-corrected chi connectivity index (χ3v) is 4.00. The molecule has 20 heavy (non-hydrogen) atoms. The van der Waals surface area contributed by atoms with E-state index in [2.05, 4.69) is 11.8 Å². The van der Waals surface area contributed by atoms with E-state index in [9.17, 15) is 4.79 Å². The van der Waals surface area contributed by atoms with Crippen molar-refractivity contribution in [3.05, 3.63) is 23.7 Å². The monoisotopic (exact) mass is 278 g/mol. The number of carbonyl (C=O) groups is 1. The molecule has 2 rings (SSSR count). The quantitative estimate of drug-likeness (QED) is 0.831. The maximum atomic E-state index is 12.1. The molecular weight excluding hydrogens is 252 g/mol. The summed E-state index contributed by atoms with van der Waals surface area (Å²) in [7, 11) is 1.85. The second-order valence-electron chi connectivity index (χ2n) is 6.06. The topological polar surface area (TPSA) is 36.7 Å². The highest BCUT2D eigenvalue weighted by Crippen LogP contribution is 2.16. The number of piperidine rings is 1. The van der Waals surface area contributed by atoms with Crippen LogP contribution in [-0.4, -0.2) is 42.4 Å².